The molecule has 3 nitrogen and oxygen atoms in total. The van der Waals surface area contributed by atoms with Gasteiger partial charge in [-0.2, -0.15) is 0 Å². The van der Waals surface area contributed by atoms with Crippen molar-refractivity contribution in [3.05, 3.63) is 28.2 Å². The molecule has 1 aliphatic rings. The van der Waals surface area contributed by atoms with Gasteiger partial charge in [-0.05, 0) is 37.6 Å². The molecule has 2 atom stereocenters. The van der Waals surface area contributed by atoms with E-state index in [0.717, 1.165) is 22.4 Å². The van der Waals surface area contributed by atoms with Crippen molar-refractivity contribution in [2.24, 2.45) is 0 Å². The second kappa shape index (κ2) is 5.85. The van der Waals surface area contributed by atoms with Gasteiger partial charge in [0, 0.05) is 4.47 Å². The molecule has 1 saturated heterocycles. The van der Waals surface area contributed by atoms with Crippen molar-refractivity contribution in [1.82, 2.24) is 0 Å². The normalized spacial score (nSPS) is 20.1. The third-order valence-electron chi connectivity index (χ3n) is 2.65. The van der Waals surface area contributed by atoms with Crippen molar-refractivity contribution in [2.75, 3.05) is 19.8 Å². The number of halogens is 1. The fourth-order valence-corrected chi connectivity index (χ4v) is 2.16. The van der Waals surface area contributed by atoms with Gasteiger partial charge in [0.05, 0.1) is 25.9 Å². The van der Waals surface area contributed by atoms with Crippen LogP contribution in [0.1, 0.15) is 25.5 Å². The Kier molecular flexibility index (Phi) is 4.42. The lowest BCUT2D eigenvalue weighted by atomic mass is 10.1. The van der Waals surface area contributed by atoms with Crippen molar-refractivity contribution in [3.8, 4) is 5.75 Å². The van der Waals surface area contributed by atoms with E-state index >= 15 is 0 Å². The highest BCUT2D eigenvalue weighted by molar-refractivity contribution is 9.10. The van der Waals surface area contributed by atoms with Gasteiger partial charge in [0.1, 0.15) is 11.9 Å². The molecule has 17 heavy (non-hydrogen) atoms. The first-order valence-corrected chi connectivity index (χ1v) is 6.65. The molecule has 0 aromatic heterocycles. The summed E-state index contributed by atoms with van der Waals surface area (Å²) >= 11 is 3.54. The van der Waals surface area contributed by atoms with E-state index in [0.29, 0.717) is 19.3 Å². The van der Waals surface area contributed by atoms with Gasteiger partial charge in [0.25, 0.3) is 0 Å². The number of ether oxygens (including phenoxy) is 3. The van der Waals surface area contributed by atoms with Crippen LogP contribution >= 0.6 is 15.9 Å². The summed E-state index contributed by atoms with van der Waals surface area (Å²) in [6, 6.07) is 5.97. The Balaban J connectivity index is 2.02. The molecule has 1 unspecified atom stereocenters. The van der Waals surface area contributed by atoms with E-state index in [1.54, 1.807) is 0 Å². The maximum Gasteiger partial charge on any atom is 0.119 e. The fourth-order valence-electron chi connectivity index (χ4n) is 1.60. The lowest BCUT2D eigenvalue weighted by Crippen LogP contribution is -2.07. The van der Waals surface area contributed by atoms with Crippen molar-refractivity contribution in [3.63, 3.8) is 0 Å². The predicted octanol–water partition coefficient (Wildman–Crippen LogP) is 3.32. The Morgan fingerprint density at radius 3 is 2.94 bits per heavy atom. The third-order valence-corrected chi connectivity index (χ3v) is 3.37. The average Bonchev–Trinajstić information content (AvgIpc) is 3.13. The second-order valence-corrected chi connectivity index (χ2v) is 4.90. The van der Waals surface area contributed by atoms with E-state index in [1.807, 2.05) is 32.0 Å². The minimum absolute atomic E-state index is 0.0361. The minimum Gasteiger partial charge on any atom is -0.494 e. The summed E-state index contributed by atoms with van der Waals surface area (Å²) in [5.74, 6) is 0.879. The van der Waals surface area contributed by atoms with Gasteiger partial charge in [-0.15, -0.1) is 0 Å². The molecular weight excluding hydrogens is 284 g/mol. The van der Waals surface area contributed by atoms with Crippen LogP contribution in [-0.4, -0.2) is 25.9 Å². The van der Waals surface area contributed by atoms with Crippen molar-refractivity contribution >= 4 is 15.9 Å². The van der Waals surface area contributed by atoms with Gasteiger partial charge in [-0.25, -0.2) is 0 Å². The minimum atomic E-state index is 0.0361. The Bertz CT molecular complexity index is 377. The van der Waals surface area contributed by atoms with Crippen LogP contribution in [0.3, 0.4) is 0 Å². The van der Waals surface area contributed by atoms with Crippen LogP contribution in [0.4, 0.5) is 0 Å². The van der Waals surface area contributed by atoms with Gasteiger partial charge in [0.2, 0.25) is 0 Å². The first-order chi connectivity index (χ1) is 8.20. The summed E-state index contributed by atoms with van der Waals surface area (Å²) in [5.41, 5.74) is 1.11. The molecule has 1 aliphatic heterocycles. The van der Waals surface area contributed by atoms with Gasteiger partial charge in [0.15, 0.2) is 0 Å². The average molecular weight is 301 g/mol. The van der Waals surface area contributed by atoms with Gasteiger partial charge in [-0.3, -0.25) is 0 Å². The van der Waals surface area contributed by atoms with Crippen molar-refractivity contribution in [2.45, 2.75) is 26.1 Å². The maximum absolute atomic E-state index is 5.76. The van der Waals surface area contributed by atoms with Gasteiger partial charge < -0.3 is 14.2 Å². The molecular formula is C13H17BrO3. The summed E-state index contributed by atoms with van der Waals surface area (Å²) in [4.78, 5) is 0. The first kappa shape index (κ1) is 12.9. The monoisotopic (exact) mass is 300 g/mol. The Morgan fingerprint density at radius 1 is 1.53 bits per heavy atom. The van der Waals surface area contributed by atoms with Crippen molar-refractivity contribution in [1.29, 1.82) is 0 Å². The van der Waals surface area contributed by atoms with Crippen LogP contribution in [0.5, 0.6) is 5.75 Å². The zero-order valence-electron chi connectivity index (χ0n) is 10.1. The number of benzene rings is 1. The maximum atomic E-state index is 5.76. The van der Waals surface area contributed by atoms with Crippen LogP contribution in [0.25, 0.3) is 0 Å². The molecule has 0 radical (unpaired) electrons. The molecule has 94 valence electrons. The molecule has 1 heterocycles. The number of epoxide rings is 1. The summed E-state index contributed by atoms with van der Waals surface area (Å²) < 4.78 is 17.4. The molecule has 0 spiro atoms. The van der Waals surface area contributed by atoms with E-state index in [2.05, 4.69) is 15.9 Å². The van der Waals surface area contributed by atoms with Gasteiger partial charge in [-0.1, -0.05) is 15.9 Å². The van der Waals surface area contributed by atoms with Crippen LogP contribution in [0.2, 0.25) is 0 Å². The van der Waals surface area contributed by atoms with Crippen LogP contribution in [-0.2, 0) is 9.47 Å². The molecule has 0 bridgehead atoms. The quantitative estimate of drug-likeness (QED) is 0.755. The Morgan fingerprint density at radius 2 is 2.29 bits per heavy atom. The largest absolute Gasteiger partial charge is 0.494 e. The SMILES string of the molecule is CCOc1ccc(Br)c([C@@H](C)OCC2CO2)c1. The highest BCUT2D eigenvalue weighted by atomic mass is 79.9. The second-order valence-electron chi connectivity index (χ2n) is 4.05. The summed E-state index contributed by atoms with van der Waals surface area (Å²) in [7, 11) is 0. The van der Waals surface area contributed by atoms with E-state index in [-0.39, 0.29) is 6.10 Å². The molecule has 0 aliphatic carbocycles. The zero-order valence-corrected chi connectivity index (χ0v) is 11.7. The van der Waals surface area contributed by atoms with Crippen LogP contribution in [0, 0.1) is 0 Å². The molecule has 4 heteroatoms. The molecule has 0 saturated carbocycles. The van der Waals surface area contributed by atoms with Gasteiger partial charge >= 0.3 is 0 Å². The lowest BCUT2D eigenvalue weighted by Gasteiger charge is -2.15. The van der Waals surface area contributed by atoms with Crippen molar-refractivity contribution < 1.29 is 14.2 Å². The summed E-state index contributed by atoms with van der Waals surface area (Å²) in [6.07, 6.45) is 0.334. The lowest BCUT2D eigenvalue weighted by molar-refractivity contribution is 0.0534. The summed E-state index contributed by atoms with van der Waals surface area (Å²) in [5, 5.41) is 0. The smallest absolute Gasteiger partial charge is 0.119 e. The summed E-state index contributed by atoms with van der Waals surface area (Å²) in [6.45, 7) is 6.18. The topological polar surface area (TPSA) is 31.0 Å². The van der Waals surface area contributed by atoms with Crippen LogP contribution in [0.15, 0.2) is 22.7 Å². The van der Waals surface area contributed by atoms with E-state index in [4.69, 9.17) is 14.2 Å². The molecule has 2 rings (SSSR count). The number of hydrogen-bond donors (Lipinski definition) is 0. The zero-order chi connectivity index (χ0) is 12.3. The fraction of sp³-hybridized carbons (Fsp3) is 0.538. The molecule has 1 aromatic carbocycles. The molecule has 1 fully saturated rings. The highest BCUT2D eigenvalue weighted by Gasteiger charge is 2.24. The highest BCUT2D eigenvalue weighted by Crippen LogP contribution is 2.30. The standard InChI is InChI=1S/C13H17BrO3/c1-3-15-10-4-5-13(14)12(6-10)9(2)16-7-11-8-17-11/h4-6,9,11H,3,7-8H2,1-2H3/t9-,11?/m1/s1. The first-order valence-electron chi connectivity index (χ1n) is 5.86. The van der Waals surface area contributed by atoms with E-state index in [9.17, 15) is 0 Å². The molecule has 1 aromatic rings. The Labute approximate surface area is 110 Å². The third kappa shape index (κ3) is 3.69. The predicted molar refractivity (Wildman–Crippen MR) is 69.4 cm³/mol. The van der Waals surface area contributed by atoms with E-state index in [1.165, 1.54) is 0 Å². The molecule has 0 amide bonds. The number of rotatable bonds is 6. The Hall–Kier alpha value is -0.580. The van der Waals surface area contributed by atoms with E-state index < -0.39 is 0 Å². The van der Waals surface area contributed by atoms with Crippen LogP contribution < -0.4 is 4.74 Å². The molecule has 0 N–H and O–H groups in total. The number of hydrogen-bond acceptors (Lipinski definition) is 3.